The van der Waals surface area contributed by atoms with Crippen molar-refractivity contribution >= 4 is 34.7 Å². The summed E-state index contributed by atoms with van der Waals surface area (Å²) in [5.41, 5.74) is 0.913. The number of H-pyrrole nitrogens is 1. The highest BCUT2D eigenvalue weighted by molar-refractivity contribution is 7.13. The van der Waals surface area contributed by atoms with Gasteiger partial charge in [0.2, 0.25) is 0 Å². The number of nitrogens with one attached hydrogen (secondary N) is 2. The van der Waals surface area contributed by atoms with Crippen molar-refractivity contribution in [2.45, 2.75) is 6.92 Å². The van der Waals surface area contributed by atoms with Gasteiger partial charge in [0.15, 0.2) is 0 Å². The molecule has 0 bridgehead atoms. The lowest BCUT2D eigenvalue weighted by Crippen LogP contribution is -2.10. The number of aryl methyl sites for hydroxylation is 1. The van der Waals surface area contributed by atoms with Gasteiger partial charge in [-0.15, -0.1) is 11.3 Å². The van der Waals surface area contributed by atoms with Gasteiger partial charge in [-0.05, 0) is 17.9 Å². The first-order chi connectivity index (χ1) is 7.18. The van der Waals surface area contributed by atoms with Gasteiger partial charge in [0.25, 0.3) is 5.91 Å². The Morgan fingerprint density at radius 1 is 1.67 bits per heavy atom. The molecule has 2 aromatic heterocycles. The third-order valence-electron chi connectivity index (χ3n) is 1.85. The Kier molecular flexibility index (Phi) is 2.75. The number of rotatable bonds is 2. The van der Waals surface area contributed by atoms with Crippen molar-refractivity contribution in [2.24, 2.45) is 0 Å². The Balaban J connectivity index is 2.19. The lowest BCUT2D eigenvalue weighted by atomic mass is 10.3. The summed E-state index contributed by atoms with van der Waals surface area (Å²) in [6.07, 6.45) is 1.57. The highest BCUT2D eigenvalue weighted by Crippen LogP contribution is 2.27. The summed E-state index contributed by atoms with van der Waals surface area (Å²) in [6, 6.07) is 1.67. The van der Waals surface area contributed by atoms with E-state index in [1.165, 1.54) is 11.3 Å². The molecule has 15 heavy (non-hydrogen) atoms. The van der Waals surface area contributed by atoms with Crippen LogP contribution < -0.4 is 5.32 Å². The fraction of sp³-hybridized carbons (Fsp3) is 0.111. The second-order valence-electron chi connectivity index (χ2n) is 2.99. The van der Waals surface area contributed by atoms with Crippen molar-refractivity contribution in [2.75, 3.05) is 5.32 Å². The molecular weight excluding hydrogens is 234 g/mol. The van der Waals surface area contributed by atoms with Crippen molar-refractivity contribution in [3.05, 3.63) is 33.1 Å². The molecule has 0 aliphatic heterocycles. The summed E-state index contributed by atoms with van der Waals surface area (Å²) >= 11 is 7.30. The molecule has 0 aliphatic rings. The van der Waals surface area contributed by atoms with Gasteiger partial charge in [0.1, 0.15) is 10.7 Å². The molecule has 0 saturated heterocycles. The maximum absolute atomic E-state index is 11.7. The van der Waals surface area contributed by atoms with Crippen molar-refractivity contribution < 1.29 is 4.79 Å². The van der Waals surface area contributed by atoms with E-state index in [0.717, 1.165) is 5.56 Å². The zero-order valence-corrected chi connectivity index (χ0v) is 9.45. The maximum atomic E-state index is 11.7. The number of halogens is 1. The van der Waals surface area contributed by atoms with Crippen LogP contribution in [0, 0.1) is 6.92 Å². The molecule has 2 aromatic rings. The van der Waals surface area contributed by atoms with Crippen LogP contribution in [-0.2, 0) is 0 Å². The number of thiophene rings is 1. The van der Waals surface area contributed by atoms with Crippen molar-refractivity contribution in [3.8, 4) is 0 Å². The zero-order valence-electron chi connectivity index (χ0n) is 7.87. The Morgan fingerprint density at radius 3 is 3.00 bits per heavy atom. The Morgan fingerprint density at radius 2 is 2.47 bits per heavy atom. The number of anilines is 1. The fourth-order valence-corrected chi connectivity index (χ4v) is 2.26. The lowest BCUT2D eigenvalue weighted by molar-refractivity contribution is 0.103. The van der Waals surface area contributed by atoms with Crippen LogP contribution in [-0.4, -0.2) is 16.1 Å². The molecule has 0 aromatic carbocycles. The van der Waals surface area contributed by atoms with Crippen molar-refractivity contribution in [1.29, 1.82) is 0 Å². The molecule has 6 heteroatoms. The number of carbonyl (C=O) groups excluding carboxylic acids is 1. The topological polar surface area (TPSA) is 57.8 Å². The van der Waals surface area contributed by atoms with Crippen LogP contribution >= 0.6 is 22.9 Å². The van der Waals surface area contributed by atoms with Crippen LogP contribution in [0.2, 0.25) is 5.02 Å². The molecule has 2 heterocycles. The van der Waals surface area contributed by atoms with E-state index in [-0.39, 0.29) is 5.91 Å². The van der Waals surface area contributed by atoms with Gasteiger partial charge in [0.05, 0.1) is 11.2 Å². The first-order valence-electron chi connectivity index (χ1n) is 4.23. The molecule has 0 radical (unpaired) electrons. The summed E-state index contributed by atoms with van der Waals surface area (Å²) in [5, 5.41) is 11.4. The summed E-state index contributed by atoms with van der Waals surface area (Å²) in [6.45, 7) is 1.87. The first-order valence-corrected chi connectivity index (χ1v) is 5.48. The van der Waals surface area contributed by atoms with Crippen LogP contribution in [0.25, 0.3) is 0 Å². The van der Waals surface area contributed by atoms with E-state index in [4.69, 9.17) is 11.6 Å². The largest absolute Gasteiger partial charge is 0.306 e. The molecule has 78 valence electrons. The number of carbonyl (C=O) groups is 1. The van der Waals surface area contributed by atoms with Crippen LogP contribution in [0.15, 0.2) is 17.6 Å². The van der Waals surface area contributed by atoms with E-state index in [0.29, 0.717) is 15.7 Å². The van der Waals surface area contributed by atoms with Crippen LogP contribution in [0.5, 0.6) is 0 Å². The van der Waals surface area contributed by atoms with E-state index >= 15 is 0 Å². The molecule has 1 amide bonds. The molecule has 0 atom stereocenters. The van der Waals surface area contributed by atoms with Crippen LogP contribution in [0.3, 0.4) is 0 Å². The predicted octanol–water partition coefficient (Wildman–Crippen LogP) is 2.69. The normalized spacial score (nSPS) is 10.3. The molecule has 0 saturated carbocycles. The molecule has 0 unspecified atom stereocenters. The second kappa shape index (κ2) is 4.04. The Labute approximate surface area is 95.3 Å². The van der Waals surface area contributed by atoms with Gasteiger partial charge >= 0.3 is 0 Å². The van der Waals surface area contributed by atoms with Gasteiger partial charge in [-0.25, -0.2) is 0 Å². The van der Waals surface area contributed by atoms with E-state index in [2.05, 4.69) is 15.5 Å². The number of amides is 1. The second-order valence-corrected chi connectivity index (χ2v) is 4.24. The molecule has 0 spiro atoms. The number of hydrogen-bond donors (Lipinski definition) is 2. The summed E-state index contributed by atoms with van der Waals surface area (Å²) < 4.78 is 0. The van der Waals surface area contributed by atoms with Gasteiger partial charge < -0.3 is 5.32 Å². The third-order valence-corrected chi connectivity index (χ3v) is 3.55. The SMILES string of the molecule is Cc1csc(C(=O)Nc2ccn[nH]2)c1Cl. The van der Waals surface area contributed by atoms with E-state index in [9.17, 15) is 4.79 Å². The van der Waals surface area contributed by atoms with Gasteiger partial charge in [-0.2, -0.15) is 5.10 Å². The molecular formula is C9H8ClN3OS. The maximum Gasteiger partial charge on any atom is 0.268 e. The first kappa shape index (κ1) is 10.2. The average molecular weight is 242 g/mol. The van der Waals surface area contributed by atoms with Crippen LogP contribution in [0.1, 0.15) is 15.2 Å². The highest BCUT2D eigenvalue weighted by Gasteiger charge is 2.14. The molecule has 0 aliphatic carbocycles. The van der Waals surface area contributed by atoms with Gasteiger partial charge in [0, 0.05) is 6.07 Å². The minimum atomic E-state index is -0.220. The average Bonchev–Trinajstić information content (AvgIpc) is 2.79. The van der Waals surface area contributed by atoms with Crippen LogP contribution in [0.4, 0.5) is 5.82 Å². The lowest BCUT2D eigenvalue weighted by Gasteiger charge is -1.99. The predicted molar refractivity (Wildman–Crippen MR) is 60.6 cm³/mol. The van der Waals surface area contributed by atoms with Gasteiger partial charge in [-0.1, -0.05) is 11.6 Å². The van der Waals surface area contributed by atoms with Crippen molar-refractivity contribution in [1.82, 2.24) is 10.2 Å². The van der Waals surface area contributed by atoms with E-state index in [1.54, 1.807) is 12.3 Å². The highest BCUT2D eigenvalue weighted by atomic mass is 35.5. The summed E-state index contributed by atoms with van der Waals surface area (Å²) in [5.74, 6) is 0.337. The quantitative estimate of drug-likeness (QED) is 0.849. The third kappa shape index (κ3) is 2.03. The smallest absolute Gasteiger partial charge is 0.268 e. The van der Waals surface area contributed by atoms with E-state index < -0.39 is 0 Å². The minimum Gasteiger partial charge on any atom is -0.306 e. The molecule has 0 fully saturated rings. The number of aromatic nitrogens is 2. The summed E-state index contributed by atoms with van der Waals surface area (Å²) in [7, 11) is 0. The number of nitrogens with zero attached hydrogens (tertiary/aromatic N) is 1. The molecule has 2 N–H and O–H groups in total. The standard InChI is InChI=1S/C9H8ClN3OS/c1-5-4-15-8(7(5)10)9(14)12-6-2-3-11-13-6/h2-4H,1H3,(H2,11,12,13,14). The van der Waals surface area contributed by atoms with Crippen molar-refractivity contribution in [3.63, 3.8) is 0 Å². The summed E-state index contributed by atoms with van der Waals surface area (Å²) in [4.78, 5) is 12.2. The van der Waals surface area contributed by atoms with E-state index in [1.807, 2.05) is 12.3 Å². The Hall–Kier alpha value is -1.33. The fourth-order valence-electron chi connectivity index (χ4n) is 1.09. The monoisotopic (exact) mass is 241 g/mol. The Bertz CT molecular complexity index is 478. The zero-order chi connectivity index (χ0) is 10.8. The molecule has 2 rings (SSSR count). The van der Waals surface area contributed by atoms with Gasteiger partial charge in [-0.3, -0.25) is 9.89 Å². The minimum absolute atomic E-state index is 0.220. The molecule has 4 nitrogen and oxygen atoms in total. The number of hydrogen-bond acceptors (Lipinski definition) is 3. The number of aromatic amines is 1.